The van der Waals surface area contributed by atoms with Crippen molar-refractivity contribution in [3.05, 3.63) is 52.3 Å². The molecule has 0 fully saturated rings. The van der Waals surface area contributed by atoms with E-state index < -0.39 is 12.6 Å². The van der Waals surface area contributed by atoms with E-state index in [1.165, 1.54) is 0 Å². The van der Waals surface area contributed by atoms with Gasteiger partial charge < -0.3 is 14.8 Å². The Hall–Kier alpha value is -2.61. The molecule has 8 heteroatoms. The molecule has 0 spiro atoms. The van der Waals surface area contributed by atoms with Crippen LogP contribution in [0.2, 0.25) is 0 Å². The largest absolute Gasteiger partial charge is 0.482 e. The van der Waals surface area contributed by atoms with Crippen molar-refractivity contribution >= 4 is 33.5 Å². The summed E-state index contributed by atoms with van der Waals surface area (Å²) in [5.74, 6) is -1.00. The van der Waals surface area contributed by atoms with Crippen molar-refractivity contribution in [2.75, 3.05) is 6.61 Å². The van der Waals surface area contributed by atoms with E-state index in [0.717, 1.165) is 4.47 Å². The van der Waals surface area contributed by atoms with Crippen LogP contribution >= 0.6 is 15.9 Å². The summed E-state index contributed by atoms with van der Waals surface area (Å²) in [5, 5.41) is 12.6. The van der Waals surface area contributed by atoms with Crippen LogP contribution in [0, 0.1) is 0 Å². The maximum Gasteiger partial charge on any atom is 0.341 e. The molecule has 0 saturated heterocycles. The topological polar surface area (TPSA) is 104 Å². The van der Waals surface area contributed by atoms with Gasteiger partial charge in [0.25, 0.3) is 5.91 Å². The second kappa shape index (κ2) is 7.59. The van der Waals surface area contributed by atoms with Crippen molar-refractivity contribution < 1.29 is 19.4 Å². The highest BCUT2D eigenvalue weighted by Gasteiger charge is 2.07. The lowest BCUT2D eigenvalue weighted by atomic mass is 10.1. The standard InChI is InChI=1S/C15H14BrN3O4/c1-9(18-19-15(22)13-6-11(16)7-17-13)10-3-2-4-12(5-10)23-8-14(20)21/h2-7,17H,8H2,1H3,(H,19,22)(H,20,21)/b18-9-. The zero-order valence-electron chi connectivity index (χ0n) is 12.2. The Bertz CT molecular complexity index is 755. The van der Waals surface area contributed by atoms with Gasteiger partial charge in [0.1, 0.15) is 11.4 Å². The fraction of sp³-hybridized carbons (Fsp3) is 0.133. The van der Waals surface area contributed by atoms with E-state index in [1.807, 2.05) is 0 Å². The van der Waals surface area contributed by atoms with E-state index in [1.54, 1.807) is 43.5 Å². The van der Waals surface area contributed by atoms with Crippen molar-refractivity contribution in [2.45, 2.75) is 6.92 Å². The molecule has 3 N–H and O–H groups in total. The Labute approximate surface area is 140 Å². The van der Waals surface area contributed by atoms with Crippen molar-refractivity contribution in [3.8, 4) is 5.75 Å². The quantitative estimate of drug-likeness (QED) is 0.529. The lowest BCUT2D eigenvalue weighted by Crippen LogP contribution is -2.19. The molecule has 0 saturated carbocycles. The first kappa shape index (κ1) is 16.8. The van der Waals surface area contributed by atoms with Crippen molar-refractivity contribution in [3.63, 3.8) is 0 Å². The minimum atomic E-state index is -1.05. The molecule has 2 aromatic rings. The number of halogens is 1. The van der Waals surface area contributed by atoms with Gasteiger partial charge in [-0.3, -0.25) is 4.79 Å². The third-order valence-electron chi connectivity index (χ3n) is 2.83. The molecule has 0 bridgehead atoms. The van der Waals surface area contributed by atoms with E-state index in [4.69, 9.17) is 9.84 Å². The van der Waals surface area contributed by atoms with Gasteiger partial charge in [0.15, 0.2) is 6.61 Å². The average Bonchev–Trinajstić information content (AvgIpc) is 2.97. The Kier molecular flexibility index (Phi) is 5.53. The van der Waals surface area contributed by atoms with Crippen LogP contribution in [0.1, 0.15) is 23.0 Å². The number of hydrogen-bond donors (Lipinski definition) is 3. The molecule has 23 heavy (non-hydrogen) atoms. The minimum absolute atomic E-state index is 0.367. The number of aliphatic carboxylic acids is 1. The molecule has 1 amide bonds. The summed E-state index contributed by atoms with van der Waals surface area (Å²) in [6, 6.07) is 8.44. The molecule has 1 aromatic heterocycles. The third-order valence-corrected chi connectivity index (χ3v) is 3.29. The fourth-order valence-corrected chi connectivity index (χ4v) is 2.06. The number of nitrogens with zero attached hydrogens (tertiary/aromatic N) is 1. The van der Waals surface area contributed by atoms with Crippen molar-refractivity contribution in [1.29, 1.82) is 0 Å². The van der Waals surface area contributed by atoms with E-state index in [0.29, 0.717) is 22.7 Å². The molecule has 0 unspecified atom stereocenters. The summed E-state index contributed by atoms with van der Waals surface area (Å²) in [6.07, 6.45) is 1.65. The molecule has 120 valence electrons. The Morgan fingerprint density at radius 2 is 2.17 bits per heavy atom. The first-order valence-electron chi connectivity index (χ1n) is 6.59. The van der Waals surface area contributed by atoms with Crippen LogP contribution in [0.3, 0.4) is 0 Å². The number of amides is 1. The van der Waals surface area contributed by atoms with E-state index >= 15 is 0 Å². The normalized spacial score (nSPS) is 11.1. The summed E-state index contributed by atoms with van der Waals surface area (Å²) in [5.41, 5.74) is 4.09. The molecular formula is C15H14BrN3O4. The van der Waals surface area contributed by atoms with Gasteiger partial charge in [-0.15, -0.1) is 0 Å². The maximum absolute atomic E-state index is 11.9. The average molecular weight is 380 g/mol. The summed E-state index contributed by atoms with van der Waals surface area (Å²) in [6.45, 7) is 1.30. The van der Waals surface area contributed by atoms with Crippen LogP contribution < -0.4 is 10.2 Å². The van der Waals surface area contributed by atoms with Crippen molar-refractivity contribution in [2.24, 2.45) is 5.10 Å². The van der Waals surface area contributed by atoms with Crippen LogP contribution in [0.5, 0.6) is 5.75 Å². The molecule has 7 nitrogen and oxygen atoms in total. The highest BCUT2D eigenvalue weighted by atomic mass is 79.9. The predicted molar refractivity (Wildman–Crippen MR) is 87.7 cm³/mol. The van der Waals surface area contributed by atoms with Gasteiger partial charge in [0.2, 0.25) is 0 Å². The zero-order chi connectivity index (χ0) is 16.8. The molecule has 0 radical (unpaired) electrons. The number of hydrogen-bond acceptors (Lipinski definition) is 4. The third kappa shape index (κ3) is 4.96. The SMILES string of the molecule is C/C(=N/NC(=O)c1cc(Br)c[nH]1)c1cccc(OCC(=O)O)c1. The number of carbonyl (C=O) groups excluding carboxylic acids is 1. The summed E-state index contributed by atoms with van der Waals surface area (Å²) >= 11 is 3.25. The molecule has 0 aliphatic rings. The smallest absolute Gasteiger partial charge is 0.341 e. The number of benzene rings is 1. The first-order chi connectivity index (χ1) is 11.0. The Balaban J connectivity index is 2.04. The molecule has 0 aliphatic heterocycles. The number of ether oxygens (including phenoxy) is 1. The van der Waals surface area contributed by atoms with Crippen LogP contribution in [-0.4, -0.2) is 34.3 Å². The highest BCUT2D eigenvalue weighted by molar-refractivity contribution is 9.10. The summed E-state index contributed by atoms with van der Waals surface area (Å²) < 4.78 is 5.87. The molecule has 0 atom stereocenters. The van der Waals surface area contributed by atoms with Crippen molar-refractivity contribution in [1.82, 2.24) is 10.4 Å². The zero-order valence-corrected chi connectivity index (χ0v) is 13.8. The van der Waals surface area contributed by atoms with Crippen LogP contribution in [0.15, 0.2) is 46.1 Å². The molecule has 2 rings (SSSR count). The lowest BCUT2D eigenvalue weighted by molar-refractivity contribution is -0.139. The number of nitrogens with one attached hydrogen (secondary N) is 2. The Morgan fingerprint density at radius 1 is 1.39 bits per heavy atom. The Morgan fingerprint density at radius 3 is 2.83 bits per heavy atom. The number of H-pyrrole nitrogens is 1. The van der Waals surface area contributed by atoms with Crippen LogP contribution in [0.25, 0.3) is 0 Å². The van der Waals surface area contributed by atoms with Gasteiger partial charge in [0, 0.05) is 16.2 Å². The summed E-state index contributed by atoms with van der Waals surface area (Å²) in [7, 11) is 0. The van der Waals surface area contributed by atoms with E-state index in [-0.39, 0.29) is 5.91 Å². The number of carboxylic acid groups (broad SMARTS) is 1. The van der Waals surface area contributed by atoms with Gasteiger partial charge in [-0.2, -0.15) is 5.10 Å². The second-order valence-electron chi connectivity index (χ2n) is 4.58. The van der Waals surface area contributed by atoms with E-state index in [9.17, 15) is 9.59 Å². The number of rotatable bonds is 6. The highest BCUT2D eigenvalue weighted by Crippen LogP contribution is 2.14. The monoisotopic (exact) mass is 379 g/mol. The van der Waals surface area contributed by atoms with Gasteiger partial charge >= 0.3 is 5.97 Å². The first-order valence-corrected chi connectivity index (χ1v) is 7.38. The lowest BCUT2D eigenvalue weighted by Gasteiger charge is -2.06. The molecule has 0 aliphatic carbocycles. The van der Waals surface area contributed by atoms with Gasteiger partial charge in [-0.25, -0.2) is 10.2 Å². The molecule has 1 heterocycles. The van der Waals surface area contributed by atoms with Crippen LogP contribution in [0.4, 0.5) is 0 Å². The maximum atomic E-state index is 11.9. The number of aromatic amines is 1. The van der Waals surface area contributed by atoms with Gasteiger partial charge in [-0.05, 0) is 41.1 Å². The van der Waals surface area contributed by atoms with Gasteiger partial charge in [-0.1, -0.05) is 12.1 Å². The number of carboxylic acids is 1. The number of aromatic nitrogens is 1. The number of carbonyl (C=O) groups is 2. The predicted octanol–water partition coefficient (Wildman–Crippen LogP) is 2.39. The summed E-state index contributed by atoms with van der Waals surface area (Å²) in [4.78, 5) is 25.2. The molecular weight excluding hydrogens is 366 g/mol. The van der Waals surface area contributed by atoms with E-state index in [2.05, 4.69) is 31.4 Å². The van der Waals surface area contributed by atoms with Gasteiger partial charge in [0.05, 0.1) is 5.71 Å². The second-order valence-corrected chi connectivity index (χ2v) is 5.50. The van der Waals surface area contributed by atoms with Crippen LogP contribution in [-0.2, 0) is 4.79 Å². The minimum Gasteiger partial charge on any atom is -0.482 e. The molecule has 1 aromatic carbocycles. The number of hydrazone groups is 1. The fourth-order valence-electron chi connectivity index (χ4n) is 1.71.